The lowest BCUT2D eigenvalue weighted by atomic mass is 9.71. The van der Waals surface area contributed by atoms with Crippen LogP contribution in [0.25, 0.3) is 16.0 Å². The molecule has 4 rings (SSSR count). The van der Waals surface area contributed by atoms with Gasteiger partial charge in [0.1, 0.15) is 0 Å². The van der Waals surface area contributed by atoms with Crippen LogP contribution in [-0.2, 0) is 6.54 Å². The Morgan fingerprint density at radius 2 is 1.87 bits per heavy atom. The fourth-order valence-electron chi connectivity index (χ4n) is 4.70. The monoisotopic (exact) mass is 416 g/mol. The van der Waals surface area contributed by atoms with Gasteiger partial charge in [-0.25, -0.2) is 0 Å². The van der Waals surface area contributed by atoms with Crippen molar-refractivity contribution in [1.29, 1.82) is 0 Å². The molecule has 0 bridgehead atoms. The molecule has 0 spiro atoms. The number of hydrogen-bond donors (Lipinski definition) is 1. The normalized spacial score (nSPS) is 18.4. The van der Waals surface area contributed by atoms with Gasteiger partial charge in [0.15, 0.2) is 0 Å². The molecule has 0 unspecified atom stereocenters. The summed E-state index contributed by atoms with van der Waals surface area (Å²) in [6, 6.07) is 13.0. The molecule has 1 aliphatic heterocycles. The highest BCUT2D eigenvalue weighted by Crippen LogP contribution is 2.52. The fourth-order valence-corrected chi connectivity index (χ4v) is 6.11. The van der Waals surface area contributed by atoms with E-state index in [4.69, 9.17) is 0 Å². The number of benzene rings is 1. The molecule has 1 aromatic carbocycles. The van der Waals surface area contributed by atoms with Crippen LogP contribution in [-0.4, -0.2) is 17.8 Å². The van der Waals surface area contributed by atoms with Crippen LogP contribution in [0.15, 0.2) is 71.5 Å². The van der Waals surface area contributed by atoms with E-state index in [1.165, 1.54) is 45.6 Å². The van der Waals surface area contributed by atoms with Crippen molar-refractivity contribution >= 4 is 16.7 Å². The molecule has 2 aromatic rings. The van der Waals surface area contributed by atoms with E-state index in [1.54, 1.807) is 11.1 Å². The van der Waals surface area contributed by atoms with E-state index in [0.29, 0.717) is 5.41 Å². The number of nitrogens with zero attached hydrogens (tertiary/aromatic N) is 1. The van der Waals surface area contributed by atoms with Gasteiger partial charge in [0.2, 0.25) is 0 Å². The summed E-state index contributed by atoms with van der Waals surface area (Å²) in [5.41, 5.74) is 11.0. The quantitative estimate of drug-likeness (QED) is 0.567. The molecule has 30 heavy (non-hydrogen) atoms. The Bertz CT molecular complexity index is 1040. The molecule has 3 heteroatoms. The van der Waals surface area contributed by atoms with Crippen molar-refractivity contribution < 1.29 is 0 Å². The molecule has 1 aromatic heterocycles. The number of rotatable bonds is 5. The third-order valence-electron chi connectivity index (χ3n) is 6.23. The van der Waals surface area contributed by atoms with Gasteiger partial charge < -0.3 is 5.32 Å². The van der Waals surface area contributed by atoms with E-state index >= 15 is 0 Å². The average Bonchev–Trinajstić information content (AvgIpc) is 2.73. The molecular formula is C27H32N2S. The van der Waals surface area contributed by atoms with Crippen LogP contribution in [0.4, 0.5) is 0 Å². The standard InChI is InChI=1S/C27H32N2S/c1-18(2)25-23-15-27(3,4)13-12-19(23)17-30-26(25)22-10-7-6-9-20(22)21-11-8-14-29-24(21)16-28-5/h6-11,14,28H,1,12-13,15-17H2,2-5H3. The minimum Gasteiger partial charge on any atom is -0.314 e. The number of aromatic nitrogens is 1. The molecule has 0 saturated heterocycles. The summed E-state index contributed by atoms with van der Waals surface area (Å²) >= 11 is 1.99. The van der Waals surface area contributed by atoms with E-state index in [2.05, 4.69) is 68.0 Å². The van der Waals surface area contributed by atoms with Gasteiger partial charge in [-0.3, -0.25) is 4.98 Å². The first-order chi connectivity index (χ1) is 14.4. The Hall–Kier alpha value is -2.10. The molecule has 2 nitrogen and oxygen atoms in total. The molecule has 1 N–H and O–H groups in total. The first-order valence-electron chi connectivity index (χ1n) is 10.8. The highest BCUT2D eigenvalue weighted by atomic mass is 32.2. The van der Waals surface area contributed by atoms with Crippen LogP contribution in [0.2, 0.25) is 0 Å². The second-order valence-corrected chi connectivity index (χ2v) is 10.3. The predicted molar refractivity (Wildman–Crippen MR) is 131 cm³/mol. The molecule has 0 fully saturated rings. The average molecular weight is 417 g/mol. The van der Waals surface area contributed by atoms with Gasteiger partial charge in [-0.1, -0.05) is 56.3 Å². The second-order valence-electron chi connectivity index (χ2n) is 9.27. The van der Waals surface area contributed by atoms with Gasteiger partial charge in [0.05, 0.1) is 5.69 Å². The van der Waals surface area contributed by atoms with Gasteiger partial charge >= 0.3 is 0 Å². The maximum atomic E-state index is 4.66. The molecular weight excluding hydrogens is 384 g/mol. The predicted octanol–water partition coefficient (Wildman–Crippen LogP) is 7.01. The first kappa shape index (κ1) is 21.1. The molecule has 1 aliphatic carbocycles. The lowest BCUT2D eigenvalue weighted by molar-refractivity contribution is 0.316. The van der Waals surface area contributed by atoms with Crippen LogP contribution in [0, 0.1) is 5.41 Å². The summed E-state index contributed by atoms with van der Waals surface area (Å²) in [7, 11) is 1.97. The van der Waals surface area contributed by atoms with Crippen molar-refractivity contribution in [1.82, 2.24) is 10.3 Å². The van der Waals surface area contributed by atoms with Crippen molar-refractivity contribution in [2.24, 2.45) is 5.41 Å². The van der Waals surface area contributed by atoms with Crippen molar-refractivity contribution in [3.8, 4) is 11.1 Å². The highest BCUT2D eigenvalue weighted by molar-refractivity contribution is 8.08. The van der Waals surface area contributed by atoms with Crippen LogP contribution in [0.1, 0.15) is 51.3 Å². The van der Waals surface area contributed by atoms with Crippen molar-refractivity contribution in [3.05, 3.63) is 82.7 Å². The van der Waals surface area contributed by atoms with Gasteiger partial charge in [-0.15, -0.1) is 11.8 Å². The molecule has 0 amide bonds. The van der Waals surface area contributed by atoms with Crippen LogP contribution < -0.4 is 5.32 Å². The first-order valence-corrected chi connectivity index (χ1v) is 11.8. The summed E-state index contributed by atoms with van der Waals surface area (Å²) < 4.78 is 0. The summed E-state index contributed by atoms with van der Waals surface area (Å²) in [6.45, 7) is 12.2. The highest BCUT2D eigenvalue weighted by Gasteiger charge is 2.33. The van der Waals surface area contributed by atoms with Crippen molar-refractivity contribution in [2.45, 2.75) is 46.6 Å². The number of hydrogen-bond acceptors (Lipinski definition) is 3. The lowest BCUT2D eigenvalue weighted by Gasteiger charge is -2.38. The second kappa shape index (κ2) is 8.56. The zero-order chi connectivity index (χ0) is 21.3. The number of nitrogens with one attached hydrogen (secondary N) is 1. The minimum atomic E-state index is 0.357. The number of pyridine rings is 1. The zero-order valence-corrected chi connectivity index (χ0v) is 19.5. The topological polar surface area (TPSA) is 24.9 Å². The van der Waals surface area contributed by atoms with Crippen molar-refractivity contribution in [2.75, 3.05) is 12.8 Å². The Balaban J connectivity index is 1.91. The SMILES string of the molecule is C=C(C)C1=C(c2ccccc2-c2cccnc2CNC)SCC2=C1CC(C)(C)CC2. The smallest absolute Gasteiger partial charge is 0.0619 e. The molecule has 0 radical (unpaired) electrons. The molecule has 2 heterocycles. The Labute approximate surface area is 185 Å². The molecule has 2 aliphatic rings. The third-order valence-corrected chi connectivity index (χ3v) is 7.43. The van der Waals surface area contributed by atoms with Gasteiger partial charge in [-0.2, -0.15) is 0 Å². The maximum absolute atomic E-state index is 4.66. The van der Waals surface area contributed by atoms with E-state index < -0.39 is 0 Å². The Morgan fingerprint density at radius 1 is 1.13 bits per heavy atom. The fraction of sp³-hybridized carbons (Fsp3) is 0.370. The summed E-state index contributed by atoms with van der Waals surface area (Å²) in [5.74, 6) is 1.10. The number of allylic oxidation sites excluding steroid dienone is 3. The van der Waals surface area contributed by atoms with Gasteiger partial charge in [0.25, 0.3) is 0 Å². The minimum absolute atomic E-state index is 0.357. The molecule has 156 valence electrons. The summed E-state index contributed by atoms with van der Waals surface area (Å²) in [6.07, 6.45) is 5.53. The van der Waals surface area contributed by atoms with Gasteiger partial charge in [0, 0.05) is 29.0 Å². The van der Waals surface area contributed by atoms with E-state index in [0.717, 1.165) is 24.4 Å². The summed E-state index contributed by atoms with van der Waals surface area (Å²) in [4.78, 5) is 6.04. The Morgan fingerprint density at radius 3 is 2.60 bits per heavy atom. The van der Waals surface area contributed by atoms with Gasteiger partial charge in [-0.05, 0) is 72.6 Å². The third kappa shape index (κ3) is 4.06. The van der Waals surface area contributed by atoms with Crippen molar-refractivity contribution in [3.63, 3.8) is 0 Å². The van der Waals surface area contributed by atoms with Crippen LogP contribution in [0.5, 0.6) is 0 Å². The van der Waals surface area contributed by atoms with E-state index in [9.17, 15) is 0 Å². The zero-order valence-electron chi connectivity index (χ0n) is 18.6. The molecule has 0 saturated carbocycles. The van der Waals surface area contributed by atoms with E-state index in [1.807, 2.05) is 31.1 Å². The largest absolute Gasteiger partial charge is 0.314 e. The lowest BCUT2D eigenvalue weighted by Crippen LogP contribution is -2.22. The van der Waals surface area contributed by atoms with Crippen LogP contribution in [0.3, 0.4) is 0 Å². The summed E-state index contributed by atoms with van der Waals surface area (Å²) in [5, 5.41) is 3.27. The maximum Gasteiger partial charge on any atom is 0.0619 e. The van der Waals surface area contributed by atoms with Crippen LogP contribution >= 0.6 is 11.8 Å². The molecule has 0 atom stereocenters. The Kier molecular flexibility index (Phi) is 6.04. The van der Waals surface area contributed by atoms with E-state index in [-0.39, 0.29) is 0 Å². The number of thioether (sulfide) groups is 1.